The maximum absolute atomic E-state index is 11.8. The predicted molar refractivity (Wildman–Crippen MR) is 87.2 cm³/mol. The number of carbonyl (C=O) groups is 2. The van der Waals surface area contributed by atoms with Gasteiger partial charge in [-0.05, 0) is 37.3 Å². The third-order valence-corrected chi connectivity index (χ3v) is 3.26. The van der Waals surface area contributed by atoms with Crippen LogP contribution in [0.1, 0.15) is 12.0 Å². The van der Waals surface area contributed by atoms with Crippen molar-refractivity contribution in [3.63, 3.8) is 0 Å². The van der Waals surface area contributed by atoms with Crippen molar-refractivity contribution in [1.29, 1.82) is 0 Å². The van der Waals surface area contributed by atoms with E-state index in [-0.39, 0.29) is 18.2 Å². The van der Waals surface area contributed by atoms with Gasteiger partial charge in [0.1, 0.15) is 6.42 Å². The number of amides is 2. The Morgan fingerprint density at radius 1 is 0.952 bits per heavy atom. The van der Waals surface area contributed by atoms with Gasteiger partial charge in [-0.15, -0.1) is 0 Å². The summed E-state index contributed by atoms with van der Waals surface area (Å²) in [7, 11) is 0. The van der Waals surface area contributed by atoms with E-state index in [9.17, 15) is 9.59 Å². The van der Waals surface area contributed by atoms with Crippen LogP contribution in [0.2, 0.25) is 0 Å². The fourth-order valence-corrected chi connectivity index (χ4v) is 2.16. The third-order valence-electron chi connectivity index (χ3n) is 2.76. The summed E-state index contributed by atoms with van der Waals surface area (Å²) in [4.78, 5) is 23.6. The van der Waals surface area contributed by atoms with Crippen molar-refractivity contribution in [1.82, 2.24) is 0 Å². The molecule has 0 heterocycles. The molecule has 108 valence electrons. The molecule has 2 aromatic carbocycles. The number of rotatable bonds is 4. The van der Waals surface area contributed by atoms with Gasteiger partial charge in [-0.25, -0.2) is 0 Å². The molecular formula is C16H15BrN2O2. The summed E-state index contributed by atoms with van der Waals surface area (Å²) < 4.78 is 0.865. The molecule has 0 radical (unpaired) electrons. The first-order valence-corrected chi connectivity index (χ1v) is 7.24. The number of aryl methyl sites for hydroxylation is 1. The van der Waals surface area contributed by atoms with Crippen LogP contribution in [0.4, 0.5) is 11.4 Å². The van der Waals surface area contributed by atoms with Gasteiger partial charge in [-0.1, -0.05) is 39.7 Å². The van der Waals surface area contributed by atoms with E-state index in [1.165, 1.54) is 0 Å². The first-order chi connectivity index (χ1) is 10.0. The van der Waals surface area contributed by atoms with E-state index in [1.807, 2.05) is 31.2 Å². The van der Waals surface area contributed by atoms with Gasteiger partial charge in [0.25, 0.3) is 0 Å². The second-order valence-corrected chi connectivity index (χ2v) is 5.57. The number of carbonyl (C=O) groups excluding carboxylic acids is 2. The predicted octanol–water partition coefficient (Wildman–Crippen LogP) is 3.72. The standard InChI is InChI=1S/C16H15BrN2O2/c1-11-5-7-13(8-6-11)18-15(20)10-16(21)19-14-4-2-3-12(17)9-14/h2-9H,10H2,1H3,(H,18,20)(H,19,21). The fraction of sp³-hybridized carbons (Fsp3) is 0.125. The van der Waals surface area contributed by atoms with Crippen molar-refractivity contribution in [2.45, 2.75) is 13.3 Å². The smallest absolute Gasteiger partial charge is 0.233 e. The minimum atomic E-state index is -0.349. The second kappa shape index (κ2) is 7.04. The molecule has 0 unspecified atom stereocenters. The molecule has 4 nitrogen and oxygen atoms in total. The van der Waals surface area contributed by atoms with Crippen LogP contribution < -0.4 is 10.6 Å². The molecule has 21 heavy (non-hydrogen) atoms. The van der Waals surface area contributed by atoms with Crippen molar-refractivity contribution >= 4 is 39.1 Å². The molecule has 2 aromatic rings. The SMILES string of the molecule is Cc1ccc(NC(=O)CC(=O)Nc2cccc(Br)c2)cc1. The number of nitrogens with one attached hydrogen (secondary N) is 2. The average Bonchev–Trinajstić information content (AvgIpc) is 2.41. The Labute approximate surface area is 131 Å². The lowest BCUT2D eigenvalue weighted by Gasteiger charge is -2.07. The van der Waals surface area contributed by atoms with E-state index in [0.29, 0.717) is 11.4 Å². The summed E-state index contributed by atoms with van der Waals surface area (Å²) in [6.07, 6.45) is -0.222. The fourth-order valence-electron chi connectivity index (χ4n) is 1.76. The number of hydrogen-bond donors (Lipinski definition) is 2. The normalized spacial score (nSPS) is 10.0. The van der Waals surface area contributed by atoms with E-state index in [4.69, 9.17) is 0 Å². The Morgan fingerprint density at radius 3 is 2.19 bits per heavy atom. The molecule has 2 N–H and O–H groups in total. The second-order valence-electron chi connectivity index (χ2n) is 4.65. The summed E-state index contributed by atoms with van der Waals surface area (Å²) in [5, 5.41) is 5.37. The number of benzene rings is 2. The Balaban J connectivity index is 1.87. The van der Waals surface area contributed by atoms with E-state index in [1.54, 1.807) is 24.3 Å². The van der Waals surface area contributed by atoms with E-state index in [2.05, 4.69) is 26.6 Å². The maximum Gasteiger partial charge on any atom is 0.233 e. The topological polar surface area (TPSA) is 58.2 Å². The number of halogens is 1. The third kappa shape index (κ3) is 5.04. The first kappa shape index (κ1) is 15.3. The lowest BCUT2D eigenvalue weighted by Crippen LogP contribution is -2.21. The lowest BCUT2D eigenvalue weighted by atomic mass is 10.2. The van der Waals surface area contributed by atoms with Crippen LogP contribution in [0.15, 0.2) is 53.0 Å². The molecule has 0 bridgehead atoms. The minimum absolute atomic E-state index is 0.222. The van der Waals surface area contributed by atoms with Crippen LogP contribution in [0.3, 0.4) is 0 Å². The lowest BCUT2D eigenvalue weighted by molar-refractivity contribution is -0.123. The van der Waals surface area contributed by atoms with Crippen LogP contribution in [-0.2, 0) is 9.59 Å². The monoisotopic (exact) mass is 346 g/mol. The minimum Gasteiger partial charge on any atom is -0.326 e. The summed E-state index contributed by atoms with van der Waals surface area (Å²) in [5.74, 6) is -0.691. The zero-order chi connectivity index (χ0) is 15.2. The van der Waals surface area contributed by atoms with Gasteiger partial charge in [0.15, 0.2) is 0 Å². The molecule has 0 spiro atoms. The molecule has 0 saturated carbocycles. The maximum atomic E-state index is 11.8. The van der Waals surface area contributed by atoms with Gasteiger partial charge >= 0.3 is 0 Å². The highest BCUT2D eigenvalue weighted by atomic mass is 79.9. The number of anilines is 2. The van der Waals surface area contributed by atoms with Crippen LogP contribution in [0.5, 0.6) is 0 Å². The highest BCUT2D eigenvalue weighted by Gasteiger charge is 2.10. The Kier molecular flexibility index (Phi) is 5.11. The molecule has 0 atom stereocenters. The van der Waals surface area contributed by atoms with Crippen LogP contribution in [0, 0.1) is 6.92 Å². The molecule has 0 aliphatic heterocycles. The molecule has 0 aliphatic rings. The zero-order valence-corrected chi connectivity index (χ0v) is 13.1. The van der Waals surface area contributed by atoms with Crippen molar-refractivity contribution in [2.24, 2.45) is 0 Å². The summed E-state index contributed by atoms with van der Waals surface area (Å²) >= 11 is 3.32. The first-order valence-electron chi connectivity index (χ1n) is 6.45. The molecule has 0 saturated heterocycles. The quantitative estimate of drug-likeness (QED) is 0.828. The van der Waals surface area contributed by atoms with Gasteiger partial charge in [0.2, 0.25) is 11.8 Å². The molecule has 0 aliphatic carbocycles. The van der Waals surface area contributed by atoms with E-state index >= 15 is 0 Å². The van der Waals surface area contributed by atoms with Crippen molar-refractivity contribution in [2.75, 3.05) is 10.6 Å². The molecule has 5 heteroatoms. The van der Waals surface area contributed by atoms with Gasteiger partial charge < -0.3 is 10.6 Å². The average molecular weight is 347 g/mol. The molecule has 0 aromatic heterocycles. The molecule has 2 rings (SSSR count). The van der Waals surface area contributed by atoms with Crippen molar-refractivity contribution < 1.29 is 9.59 Å². The summed E-state index contributed by atoms with van der Waals surface area (Å²) in [6, 6.07) is 14.6. The summed E-state index contributed by atoms with van der Waals surface area (Å²) in [5.41, 5.74) is 2.44. The van der Waals surface area contributed by atoms with E-state index < -0.39 is 0 Å². The van der Waals surface area contributed by atoms with E-state index in [0.717, 1.165) is 10.0 Å². The molecule has 2 amide bonds. The van der Waals surface area contributed by atoms with Gasteiger partial charge in [0, 0.05) is 15.8 Å². The van der Waals surface area contributed by atoms with Crippen molar-refractivity contribution in [3.8, 4) is 0 Å². The van der Waals surface area contributed by atoms with Crippen LogP contribution >= 0.6 is 15.9 Å². The molecular weight excluding hydrogens is 332 g/mol. The van der Waals surface area contributed by atoms with Crippen LogP contribution in [-0.4, -0.2) is 11.8 Å². The highest BCUT2D eigenvalue weighted by Crippen LogP contribution is 2.16. The largest absolute Gasteiger partial charge is 0.326 e. The number of hydrogen-bond acceptors (Lipinski definition) is 2. The Hall–Kier alpha value is -2.14. The summed E-state index contributed by atoms with van der Waals surface area (Å²) in [6.45, 7) is 1.97. The van der Waals surface area contributed by atoms with Gasteiger partial charge in [0.05, 0.1) is 0 Å². The van der Waals surface area contributed by atoms with Gasteiger partial charge in [-0.3, -0.25) is 9.59 Å². The van der Waals surface area contributed by atoms with Crippen molar-refractivity contribution in [3.05, 3.63) is 58.6 Å². The zero-order valence-electron chi connectivity index (χ0n) is 11.5. The Bertz CT molecular complexity index is 654. The van der Waals surface area contributed by atoms with Crippen LogP contribution in [0.25, 0.3) is 0 Å². The highest BCUT2D eigenvalue weighted by molar-refractivity contribution is 9.10. The molecule has 0 fully saturated rings. The van der Waals surface area contributed by atoms with Gasteiger partial charge in [-0.2, -0.15) is 0 Å². The Morgan fingerprint density at radius 2 is 1.57 bits per heavy atom.